The van der Waals surface area contributed by atoms with Crippen molar-refractivity contribution in [2.24, 2.45) is 5.92 Å². The van der Waals surface area contributed by atoms with Gasteiger partial charge in [0.15, 0.2) is 0 Å². The van der Waals surface area contributed by atoms with E-state index in [-0.39, 0.29) is 24.2 Å². The number of carboxylic acids is 1. The molecule has 0 spiro atoms. The largest absolute Gasteiger partial charge is 0.481 e. The zero-order valence-electron chi connectivity index (χ0n) is 12.9. The number of aliphatic carboxylic acids is 1. The minimum Gasteiger partial charge on any atom is -0.481 e. The summed E-state index contributed by atoms with van der Waals surface area (Å²) in [5, 5.41) is 14.1. The molecule has 1 aliphatic carbocycles. The Kier molecular flexibility index (Phi) is 4.48. The van der Waals surface area contributed by atoms with Crippen molar-refractivity contribution in [1.29, 1.82) is 0 Å². The van der Waals surface area contributed by atoms with Gasteiger partial charge in [0.1, 0.15) is 0 Å². The fraction of sp³-hybridized carbons (Fsp3) is 0.333. The molecule has 1 aromatic heterocycles. The van der Waals surface area contributed by atoms with Crippen molar-refractivity contribution in [1.82, 2.24) is 5.32 Å². The van der Waals surface area contributed by atoms with Gasteiger partial charge in [0.2, 0.25) is 5.91 Å². The molecule has 0 bridgehead atoms. The molecule has 0 aliphatic heterocycles. The topological polar surface area (TPSA) is 66.4 Å². The van der Waals surface area contributed by atoms with Gasteiger partial charge in [0, 0.05) is 16.7 Å². The van der Waals surface area contributed by atoms with Crippen LogP contribution in [0.4, 0.5) is 0 Å². The maximum atomic E-state index is 12.5. The van der Waals surface area contributed by atoms with Gasteiger partial charge in [-0.05, 0) is 35.9 Å². The highest BCUT2D eigenvalue weighted by molar-refractivity contribution is 7.10. The molecule has 23 heavy (non-hydrogen) atoms. The maximum absolute atomic E-state index is 12.5. The molecule has 1 amide bonds. The van der Waals surface area contributed by atoms with Crippen LogP contribution in [-0.4, -0.2) is 17.0 Å². The fourth-order valence-corrected chi connectivity index (χ4v) is 4.04. The molecule has 1 saturated carbocycles. The first kappa shape index (κ1) is 15.7. The lowest BCUT2D eigenvalue weighted by atomic mass is 10.0. The van der Waals surface area contributed by atoms with Crippen LogP contribution in [0.15, 0.2) is 41.8 Å². The third kappa shape index (κ3) is 3.62. The molecule has 2 aromatic rings. The summed E-state index contributed by atoms with van der Waals surface area (Å²) in [5.74, 6) is -0.706. The highest BCUT2D eigenvalue weighted by Gasteiger charge is 2.45. The van der Waals surface area contributed by atoms with Gasteiger partial charge < -0.3 is 10.4 Å². The molecule has 1 heterocycles. The van der Waals surface area contributed by atoms with E-state index in [1.807, 2.05) is 30.3 Å². The van der Waals surface area contributed by atoms with Crippen LogP contribution >= 0.6 is 11.3 Å². The SMILES string of the molecule is Cc1ccsc1[C@@H]1C[C@@H]1C(=O)N[C@@H](CC(=O)O)c1ccccc1. The van der Waals surface area contributed by atoms with Gasteiger partial charge in [-0.15, -0.1) is 11.3 Å². The summed E-state index contributed by atoms with van der Waals surface area (Å²) in [6, 6.07) is 10.9. The van der Waals surface area contributed by atoms with Gasteiger partial charge in [0.25, 0.3) is 0 Å². The van der Waals surface area contributed by atoms with Gasteiger partial charge in [-0.1, -0.05) is 30.3 Å². The van der Waals surface area contributed by atoms with Crippen molar-refractivity contribution in [3.05, 3.63) is 57.8 Å². The van der Waals surface area contributed by atoms with Crippen molar-refractivity contribution in [3.8, 4) is 0 Å². The van der Waals surface area contributed by atoms with Crippen LogP contribution < -0.4 is 5.32 Å². The first-order chi connectivity index (χ1) is 11.1. The maximum Gasteiger partial charge on any atom is 0.305 e. The van der Waals surface area contributed by atoms with E-state index in [1.54, 1.807) is 11.3 Å². The standard InChI is InChI=1S/C18H19NO3S/c1-11-7-8-23-17(11)13-9-14(13)18(22)19-15(10-16(20)21)12-5-3-2-4-6-12/h2-8,13-15H,9-10H2,1H3,(H,19,22)(H,20,21)/t13-,14+,15+/m1/s1. The van der Waals surface area contributed by atoms with Gasteiger partial charge in [0.05, 0.1) is 12.5 Å². The Labute approximate surface area is 139 Å². The number of hydrogen-bond donors (Lipinski definition) is 2. The molecule has 3 atom stereocenters. The number of thiophene rings is 1. The molecule has 2 N–H and O–H groups in total. The van der Waals surface area contributed by atoms with Crippen LogP contribution in [0.25, 0.3) is 0 Å². The summed E-state index contributed by atoms with van der Waals surface area (Å²) >= 11 is 1.69. The predicted octanol–water partition coefficient (Wildman–Crippen LogP) is 3.49. The molecular weight excluding hydrogens is 310 g/mol. The second-order valence-corrected chi connectivity index (χ2v) is 6.93. The minimum atomic E-state index is -0.916. The van der Waals surface area contributed by atoms with Gasteiger partial charge in [-0.2, -0.15) is 0 Å². The normalized spacial score (nSPS) is 20.7. The number of carboxylic acid groups (broad SMARTS) is 1. The molecule has 120 valence electrons. The zero-order valence-corrected chi connectivity index (χ0v) is 13.7. The third-order valence-electron chi connectivity index (χ3n) is 4.26. The molecule has 1 aromatic carbocycles. The number of amides is 1. The Bertz CT molecular complexity index is 710. The minimum absolute atomic E-state index is 0.0349. The molecule has 1 aliphatic rings. The number of hydrogen-bond acceptors (Lipinski definition) is 3. The van der Waals surface area contributed by atoms with E-state index in [0.29, 0.717) is 0 Å². The highest BCUT2D eigenvalue weighted by Crippen LogP contribution is 2.50. The molecule has 5 heteroatoms. The first-order valence-electron chi connectivity index (χ1n) is 7.67. The van der Waals surface area contributed by atoms with E-state index in [2.05, 4.69) is 23.7 Å². The molecule has 0 radical (unpaired) electrons. The van der Waals surface area contributed by atoms with E-state index in [0.717, 1.165) is 12.0 Å². The van der Waals surface area contributed by atoms with E-state index in [9.17, 15) is 9.59 Å². The molecule has 3 rings (SSSR count). The van der Waals surface area contributed by atoms with Crippen LogP contribution in [0.5, 0.6) is 0 Å². The average Bonchev–Trinajstić information content (AvgIpc) is 3.21. The number of carbonyl (C=O) groups excluding carboxylic acids is 1. The van der Waals surface area contributed by atoms with Crippen LogP contribution in [-0.2, 0) is 9.59 Å². The van der Waals surface area contributed by atoms with E-state index in [4.69, 9.17) is 5.11 Å². The van der Waals surface area contributed by atoms with Crippen molar-refractivity contribution in [3.63, 3.8) is 0 Å². The summed E-state index contributed by atoms with van der Waals surface area (Å²) in [4.78, 5) is 24.9. The summed E-state index contributed by atoms with van der Waals surface area (Å²) < 4.78 is 0. The third-order valence-corrected chi connectivity index (χ3v) is 5.41. The van der Waals surface area contributed by atoms with Crippen LogP contribution in [0, 0.1) is 12.8 Å². The van der Waals surface area contributed by atoms with Crippen molar-refractivity contribution < 1.29 is 14.7 Å². The first-order valence-corrected chi connectivity index (χ1v) is 8.55. The Hall–Kier alpha value is -2.14. The zero-order chi connectivity index (χ0) is 16.4. The van der Waals surface area contributed by atoms with Crippen LogP contribution in [0.3, 0.4) is 0 Å². The highest BCUT2D eigenvalue weighted by atomic mass is 32.1. The summed E-state index contributed by atoms with van der Waals surface area (Å²) in [5.41, 5.74) is 2.06. The second-order valence-electron chi connectivity index (χ2n) is 5.99. The lowest BCUT2D eigenvalue weighted by molar-refractivity contribution is -0.137. The van der Waals surface area contributed by atoms with Gasteiger partial charge in [-0.25, -0.2) is 0 Å². The number of benzene rings is 1. The Balaban J connectivity index is 1.68. The molecule has 0 saturated heterocycles. The summed E-state index contributed by atoms with van der Waals surface area (Å²) in [7, 11) is 0. The second kappa shape index (κ2) is 6.54. The molecule has 0 unspecified atom stereocenters. The van der Waals surface area contributed by atoms with Crippen molar-refractivity contribution >= 4 is 23.2 Å². The lowest BCUT2D eigenvalue weighted by Gasteiger charge is -2.17. The monoisotopic (exact) mass is 329 g/mol. The smallest absolute Gasteiger partial charge is 0.305 e. The number of aryl methyl sites for hydroxylation is 1. The quantitative estimate of drug-likeness (QED) is 0.852. The predicted molar refractivity (Wildman–Crippen MR) is 89.5 cm³/mol. The van der Waals surface area contributed by atoms with E-state index in [1.165, 1.54) is 10.4 Å². The van der Waals surface area contributed by atoms with Gasteiger partial charge >= 0.3 is 5.97 Å². The molecule has 1 fully saturated rings. The molecule has 4 nitrogen and oxygen atoms in total. The number of carbonyl (C=O) groups is 2. The number of nitrogens with one attached hydrogen (secondary N) is 1. The van der Waals surface area contributed by atoms with E-state index >= 15 is 0 Å². The van der Waals surface area contributed by atoms with Crippen molar-refractivity contribution in [2.75, 3.05) is 0 Å². The lowest BCUT2D eigenvalue weighted by Crippen LogP contribution is -2.31. The number of rotatable bonds is 6. The van der Waals surface area contributed by atoms with Crippen molar-refractivity contribution in [2.45, 2.75) is 31.7 Å². The summed E-state index contributed by atoms with van der Waals surface area (Å²) in [6.07, 6.45) is 0.743. The van der Waals surface area contributed by atoms with E-state index < -0.39 is 12.0 Å². The van der Waals surface area contributed by atoms with Crippen LogP contribution in [0.1, 0.15) is 40.8 Å². The Morgan fingerprint density at radius 3 is 2.65 bits per heavy atom. The Morgan fingerprint density at radius 1 is 1.30 bits per heavy atom. The fourth-order valence-electron chi connectivity index (χ4n) is 2.93. The van der Waals surface area contributed by atoms with Gasteiger partial charge in [-0.3, -0.25) is 9.59 Å². The summed E-state index contributed by atoms with van der Waals surface area (Å²) in [6.45, 7) is 2.07. The molecular formula is C18H19NO3S. The average molecular weight is 329 g/mol. The Morgan fingerprint density at radius 2 is 2.04 bits per heavy atom. The van der Waals surface area contributed by atoms with Crippen LogP contribution in [0.2, 0.25) is 0 Å².